The van der Waals surface area contributed by atoms with Crippen LogP contribution in [0.3, 0.4) is 0 Å². The van der Waals surface area contributed by atoms with Crippen LogP contribution >= 0.6 is 11.8 Å². The largest absolute Gasteiger partial charge is 0.478 e. The molecule has 2 N–H and O–H groups in total. The second-order valence-electron chi connectivity index (χ2n) is 8.21. The Balaban J connectivity index is 1.25. The molecule has 0 spiro atoms. The monoisotopic (exact) mass is 482 g/mol. The number of nitrogens with one attached hydrogen (secondary N) is 1. The van der Waals surface area contributed by atoms with E-state index in [4.69, 9.17) is 0 Å². The van der Waals surface area contributed by atoms with E-state index in [9.17, 15) is 19.5 Å². The summed E-state index contributed by atoms with van der Waals surface area (Å²) in [5.74, 6) is -1.06. The molecule has 35 heavy (non-hydrogen) atoms. The molecule has 0 fully saturated rings. The number of benzene rings is 4. The first-order valence-electron chi connectivity index (χ1n) is 11.2. The Morgan fingerprint density at radius 1 is 0.857 bits per heavy atom. The molecule has 4 aromatic rings. The van der Waals surface area contributed by atoms with E-state index in [2.05, 4.69) is 11.4 Å². The van der Waals surface area contributed by atoms with Gasteiger partial charge in [0.05, 0.1) is 11.3 Å². The lowest BCUT2D eigenvalue weighted by molar-refractivity contribution is -0.116. The number of carboxylic acid groups (broad SMARTS) is 1. The zero-order valence-electron chi connectivity index (χ0n) is 18.7. The van der Waals surface area contributed by atoms with E-state index in [1.165, 1.54) is 23.4 Å². The summed E-state index contributed by atoms with van der Waals surface area (Å²) in [5, 5.41) is 13.5. The molecule has 5 rings (SSSR count). The fraction of sp³-hybridized carbons (Fsp3) is 0.107. The Morgan fingerprint density at radius 2 is 1.57 bits per heavy atom. The number of carbonyl (C=O) groups excluding carboxylic acids is 2. The van der Waals surface area contributed by atoms with Crippen molar-refractivity contribution in [2.24, 2.45) is 0 Å². The van der Waals surface area contributed by atoms with Gasteiger partial charge in [0.25, 0.3) is 5.91 Å². The number of carboxylic acids is 1. The van der Waals surface area contributed by atoms with Crippen LogP contribution < -0.4 is 10.2 Å². The van der Waals surface area contributed by atoms with Gasteiger partial charge in [0.15, 0.2) is 0 Å². The van der Waals surface area contributed by atoms with Crippen LogP contribution in [0, 0.1) is 0 Å². The van der Waals surface area contributed by atoms with E-state index in [-0.39, 0.29) is 17.4 Å². The molecule has 0 aliphatic carbocycles. The molecule has 0 saturated carbocycles. The summed E-state index contributed by atoms with van der Waals surface area (Å²) >= 11 is 1.45. The lowest BCUT2D eigenvalue weighted by atomic mass is 9.98. The molecule has 0 saturated heterocycles. The van der Waals surface area contributed by atoms with Crippen molar-refractivity contribution in [3.05, 3.63) is 102 Å². The first-order valence-corrected chi connectivity index (χ1v) is 12.2. The van der Waals surface area contributed by atoms with Crippen LogP contribution in [0.1, 0.15) is 26.3 Å². The highest BCUT2D eigenvalue weighted by Gasteiger charge is 2.24. The molecule has 0 bridgehead atoms. The van der Waals surface area contributed by atoms with Crippen molar-refractivity contribution in [2.75, 3.05) is 22.5 Å². The minimum atomic E-state index is -1.08. The van der Waals surface area contributed by atoms with E-state index in [1.54, 1.807) is 42.5 Å². The van der Waals surface area contributed by atoms with Crippen LogP contribution in [0.25, 0.3) is 10.8 Å². The van der Waals surface area contributed by atoms with Crippen molar-refractivity contribution in [3.8, 4) is 0 Å². The van der Waals surface area contributed by atoms with Gasteiger partial charge in [-0.05, 0) is 59.8 Å². The molecular formula is C28H22N2O4S. The molecule has 6 nitrogen and oxygen atoms in total. The van der Waals surface area contributed by atoms with Gasteiger partial charge >= 0.3 is 5.97 Å². The normalized spacial score (nSPS) is 12.4. The van der Waals surface area contributed by atoms with Gasteiger partial charge in [0.2, 0.25) is 5.91 Å². The summed E-state index contributed by atoms with van der Waals surface area (Å²) in [4.78, 5) is 40.2. The number of para-hydroxylation sites is 1. The summed E-state index contributed by atoms with van der Waals surface area (Å²) in [5.41, 5.74) is 3.17. The summed E-state index contributed by atoms with van der Waals surface area (Å²) in [6, 6.07) is 25.3. The first-order chi connectivity index (χ1) is 17.0. The highest BCUT2D eigenvalue weighted by Crippen LogP contribution is 2.29. The number of hydrogen-bond acceptors (Lipinski definition) is 4. The molecule has 4 aromatic carbocycles. The Hall–Kier alpha value is -4.10. The quantitative estimate of drug-likeness (QED) is 0.356. The van der Waals surface area contributed by atoms with Crippen molar-refractivity contribution in [1.29, 1.82) is 0 Å². The number of carbonyl (C=O) groups is 3. The number of amides is 2. The van der Waals surface area contributed by atoms with Crippen LogP contribution in [0.2, 0.25) is 0 Å². The molecule has 174 valence electrons. The molecule has 0 radical (unpaired) electrons. The molecule has 0 unspecified atom stereocenters. The van der Waals surface area contributed by atoms with Gasteiger partial charge in [0.1, 0.15) is 0 Å². The molecule has 1 heterocycles. The third-order valence-electron chi connectivity index (χ3n) is 6.04. The Morgan fingerprint density at radius 3 is 2.31 bits per heavy atom. The Labute approximate surface area is 206 Å². The van der Waals surface area contributed by atoms with E-state index in [0.717, 1.165) is 17.0 Å². The van der Waals surface area contributed by atoms with Crippen LogP contribution in [-0.4, -0.2) is 35.2 Å². The van der Waals surface area contributed by atoms with Crippen molar-refractivity contribution in [3.63, 3.8) is 0 Å². The summed E-state index contributed by atoms with van der Waals surface area (Å²) in [6.45, 7) is 0.710. The second-order valence-corrected chi connectivity index (χ2v) is 9.25. The maximum absolute atomic E-state index is 13.0. The average molecular weight is 483 g/mol. The van der Waals surface area contributed by atoms with Crippen molar-refractivity contribution >= 4 is 51.7 Å². The topological polar surface area (TPSA) is 86.7 Å². The lowest BCUT2D eigenvalue weighted by Crippen LogP contribution is -2.30. The highest BCUT2D eigenvalue weighted by atomic mass is 32.2. The van der Waals surface area contributed by atoms with Crippen LogP contribution in [0.15, 0.2) is 89.8 Å². The van der Waals surface area contributed by atoms with Crippen LogP contribution in [-0.2, 0) is 11.2 Å². The van der Waals surface area contributed by atoms with Crippen LogP contribution in [0.4, 0.5) is 11.4 Å². The number of thioether (sulfide) groups is 1. The highest BCUT2D eigenvalue weighted by molar-refractivity contribution is 8.00. The maximum Gasteiger partial charge on any atom is 0.336 e. The summed E-state index contributed by atoms with van der Waals surface area (Å²) in [7, 11) is 0. The van der Waals surface area contributed by atoms with E-state index in [1.807, 2.05) is 35.2 Å². The molecule has 2 amide bonds. The van der Waals surface area contributed by atoms with Gasteiger partial charge in [-0.1, -0.05) is 42.5 Å². The van der Waals surface area contributed by atoms with Gasteiger partial charge in [0, 0.05) is 33.8 Å². The number of fused-ring (bicyclic) bond motifs is 2. The molecule has 1 aliphatic heterocycles. The van der Waals surface area contributed by atoms with Gasteiger partial charge in [-0.3, -0.25) is 9.59 Å². The van der Waals surface area contributed by atoms with E-state index >= 15 is 0 Å². The van der Waals surface area contributed by atoms with Crippen molar-refractivity contribution < 1.29 is 19.5 Å². The number of hydrogen-bond donors (Lipinski definition) is 2. The van der Waals surface area contributed by atoms with Gasteiger partial charge in [-0.15, -0.1) is 11.8 Å². The number of nitrogens with zero attached hydrogens (tertiary/aromatic N) is 1. The van der Waals surface area contributed by atoms with Gasteiger partial charge in [-0.25, -0.2) is 4.79 Å². The fourth-order valence-electron chi connectivity index (χ4n) is 4.36. The van der Waals surface area contributed by atoms with E-state index < -0.39 is 5.97 Å². The summed E-state index contributed by atoms with van der Waals surface area (Å²) < 4.78 is 0. The zero-order valence-corrected chi connectivity index (χ0v) is 19.5. The van der Waals surface area contributed by atoms with Crippen LogP contribution in [0.5, 0.6) is 0 Å². The number of anilines is 2. The lowest BCUT2D eigenvalue weighted by Gasteiger charge is -2.17. The standard InChI is InChI=1S/C28H22N2O4S/c31-25(30-16-15-18-5-1-2-10-24(18)30)17-35-21-13-11-20(12-14-21)29-27(32)22-8-3-6-19-7-4-9-23(26(19)22)28(33)34/h1-14H,15-17H2,(H,29,32)(H,33,34). The minimum Gasteiger partial charge on any atom is -0.478 e. The van der Waals surface area contributed by atoms with Gasteiger partial charge < -0.3 is 15.3 Å². The van der Waals surface area contributed by atoms with Gasteiger partial charge in [-0.2, -0.15) is 0 Å². The third-order valence-corrected chi connectivity index (χ3v) is 7.04. The van der Waals surface area contributed by atoms with E-state index in [0.29, 0.717) is 34.3 Å². The van der Waals surface area contributed by atoms with Crippen molar-refractivity contribution in [1.82, 2.24) is 0 Å². The molecule has 0 aromatic heterocycles. The van der Waals surface area contributed by atoms with Crippen molar-refractivity contribution in [2.45, 2.75) is 11.3 Å². The molecule has 1 aliphatic rings. The molecular weight excluding hydrogens is 460 g/mol. The third kappa shape index (κ3) is 4.63. The maximum atomic E-state index is 13.0. The SMILES string of the molecule is O=C(O)c1cccc2cccc(C(=O)Nc3ccc(SCC(=O)N4CCc5ccccc54)cc3)c12. The Bertz CT molecular complexity index is 1440. The second kappa shape index (κ2) is 9.64. The fourth-order valence-corrected chi connectivity index (χ4v) is 5.14. The number of aromatic carboxylic acids is 1. The number of rotatable bonds is 6. The molecule has 0 atom stereocenters. The first kappa shape index (κ1) is 22.7. The Kier molecular flexibility index (Phi) is 6.25. The minimum absolute atomic E-state index is 0.0718. The average Bonchev–Trinajstić information content (AvgIpc) is 3.31. The summed E-state index contributed by atoms with van der Waals surface area (Å²) in [6.07, 6.45) is 0.881. The zero-order chi connectivity index (χ0) is 24.4. The predicted molar refractivity (Wildman–Crippen MR) is 139 cm³/mol. The predicted octanol–water partition coefficient (Wildman–Crippen LogP) is 5.47. The molecule has 7 heteroatoms. The smallest absolute Gasteiger partial charge is 0.336 e.